The van der Waals surface area contributed by atoms with Gasteiger partial charge in [0, 0.05) is 12.1 Å². The molecule has 2 aromatic carbocycles. The maximum Gasteiger partial charge on any atom is 0.342 e. The highest BCUT2D eigenvalue weighted by Crippen LogP contribution is 2.31. The lowest BCUT2D eigenvalue weighted by atomic mass is 10.2. The van der Waals surface area contributed by atoms with Gasteiger partial charge in [-0.2, -0.15) is 8.42 Å². The van der Waals surface area contributed by atoms with Crippen molar-refractivity contribution in [3.63, 3.8) is 0 Å². The minimum Gasteiger partial charge on any atom is -0.371 e. The molecule has 0 amide bonds. The van der Waals surface area contributed by atoms with E-state index < -0.39 is 43.0 Å². The molecule has 0 aliphatic carbocycles. The van der Waals surface area contributed by atoms with Gasteiger partial charge in [-0.25, -0.2) is 8.78 Å². The molecule has 9 heteroatoms. The molecular weight excluding hydrogens is 320 g/mol. The predicted molar refractivity (Wildman–Crippen MR) is 72.0 cm³/mol. The second kappa shape index (κ2) is 5.68. The van der Waals surface area contributed by atoms with Crippen LogP contribution in [-0.4, -0.2) is 13.3 Å². The highest BCUT2D eigenvalue weighted by molar-refractivity contribution is 7.87. The standard InChI is InChI=1S/C13H9F2NO5S/c1-8-2-4-12(11(6-8)16(17)18)21-22(19,20)13-5-3-9(14)7-10(13)15/h2-7H,1H3. The molecule has 116 valence electrons. The average molecular weight is 329 g/mol. The van der Waals surface area contributed by atoms with Crippen molar-refractivity contribution in [3.8, 4) is 5.75 Å². The minimum absolute atomic E-state index is 0.375. The summed E-state index contributed by atoms with van der Waals surface area (Å²) >= 11 is 0. The summed E-state index contributed by atoms with van der Waals surface area (Å²) in [4.78, 5) is 9.18. The van der Waals surface area contributed by atoms with E-state index in [1.54, 1.807) is 6.92 Å². The van der Waals surface area contributed by atoms with Crippen molar-refractivity contribution < 1.29 is 26.3 Å². The first-order chi connectivity index (χ1) is 10.2. The Morgan fingerprint density at radius 2 is 1.82 bits per heavy atom. The maximum absolute atomic E-state index is 13.5. The number of hydrogen-bond acceptors (Lipinski definition) is 5. The Kier molecular flexibility index (Phi) is 4.09. The van der Waals surface area contributed by atoms with Gasteiger partial charge in [0.15, 0.2) is 0 Å². The molecule has 0 fully saturated rings. The number of halogens is 2. The zero-order valence-corrected chi connectivity index (χ0v) is 11.9. The highest BCUT2D eigenvalue weighted by Gasteiger charge is 2.26. The Balaban J connectivity index is 2.47. The second-order valence-corrected chi connectivity index (χ2v) is 5.86. The lowest BCUT2D eigenvalue weighted by Gasteiger charge is -2.08. The van der Waals surface area contributed by atoms with Crippen LogP contribution in [0.15, 0.2) is 41.3 Å². The van der Waals surface area contributed by atoms with Crippen LogP contribution in [0.3, 0.4) is 0 Å². The monoisotopic (exact) mass is 329 g/mol. The summed E-state index contributed by atoms with van der Waals surface area (Å²) in [5.41, 5.74) is -0.0597. The summed E-state index contributed by atoms with van der Waals surface area (Å²) in [7, 11) is -4.68. The van der Waals surface area contributed by atoms with Gasteiger partial charge in [0.2, 0.25) is 5.75 Å². The average Bonchev–Trinajstić information content (AvgIpc) is 2.39. The Morgan fingerprint density at radius 3 is 2.41 bits per heavy atom. The van der Waals surface area contributed by atoms with Gasteiger partial charge in [-0.3, -0.25) is 10.1 Å². The first-order valence-corrected chi connectivity index (χ1v) is 7.26. The molecule has 0 unspecified atom stereocenters. The van der Waals surface area contributed by atoms with Gasteiger partial charge in [0.1, 0.15) is 16.5 Å². The topological polar surface area (TPSA) is 86.5 Å². The Bertz CT molecular complexity index is 852. The van der Waals surface area contributed by atoms with Crippen LogP contribution in [0, 0.1) is 28.7 Å². The summed E-state index contributed by atoms with van der Waals surface area (Å²) in [5, 5.41) is 10.9. The van der Waals surface area contributed by atoms with Gasteiger partial charge in [0.05, 0.1) is 4.92 Å². The van der Waals surface area contributed by atoms with Crippen molar-refractivity contribution in [2.75, 3.05) is 0 Å². The van der Waals surface area contributed by atoms with Crippen LogP contribution in [-0.2, 0) is 10.1 Å². The number of rotatable bonds is 4. The number of aryl methyl sites for hydroxylation is 1. The molecule has 6 nitrogen and oxygen atoms in total. The van der Waals surface area contributed by atoms with E-state index in [4.69, 9.17) is 0 Å². The molecule has 0 heterocycles. The molecule has 0 aromatic heterocycles. The van der Waals surface area contributed by atoms with Crippen LogP contribution < -0.4 is 4.18 Å². The molecule has 0 aliphatic heterocycles. The van der Waals surface area contributed by atoms with Crippen LogP contribution in [0.2, 0.25) is 0 Å². The largest absolute Gasteiger partial charge is 0.371 e. The number of nitrogens with zero attached hydrogens (tertiary/aromatic N) is 1. The van der Waals surface area contributed by atoms with Crippen LogP contribution in [0.25, 0.3) is 0 Å². The third-order valence-electron chi connectivity index (χ3n) is 2.67. The summed E-state index contributed by atoms with van der Waals surface area (Å²) in [6, 6.07) is 5.40. The highest BCUT2D eigenvalue weighted by atomic mass is 32.2. The van der Waals surface area contributed by atoms with Crippen molar-refractivity contribution in [1.82, 2.24) is 0 Å². The molecule has 0 saturated carbocycles. The lowest BCUT2D eigenvalue weighted by molar-refractivity contribution is -0.385. The van der Waals surface area contributed by atoms with Gasteiger partial charge in [-0.15, -0.1) is 0 Å². The summed E-state index contributed by atoms with van der Waals surface area (Å²) in [6.07, 6.45) is 0. The fraction of sp³-hybridized carbons (Fsp3) is 0.0769. The zero-order valence-electron chi connectivity index (χ0n) is 11.1. The SMILES string of the molecule is Cc1ccc(OS(=O)(=O)c2ccc(F)cc2F)c([N+](=O)[O-])c1. The minimum atomic E-state index is -4.68. The Hall–Kier alpha value is -2.55. The van der Waals surface area contributed by atoms with E-state index in [1.807, 2.05) is 0 Å². The van der Waals surface area contributed by atoms with Crippen molar-refractivity contribution in [2.45, 2.75) is 11.8 Å². The third kappa shape index (κ3) is 3.19. The van der Waals surface area contributed by atoms with Crippen LogP contribution in [0.1, 0.15) is 5.56 Å². The van der Waals surface area contributed by atoms with Gasteiger partial charge in [-0.05, 0) is 30.7 Å². The molecule has 0 saturated heterocycles. The number of nitro benzene ring substituents is 1. The van der Waals surface area contributed by atoms with E-state index in [-0.39, 0.29) is 0 Å². The first kappa shape index (κ1) is 15.8. The molecule has 22 heavy (non-hydrogen) atoms. The van der Waals surface area contributed by atoms with Gasteiger partial charge >= 0.3 is 15.8 Å². The van der Waals surface area contributed by atoms with Gasteiger partial charge in [-0.1, -0.05) is 6.07 Å². The fourth-order valence-electron chi connectivity index (χ4n) is 1.68. The van der Waals surface area contributed by atoms with E-state index >= 15 is 0 Å². The van der Waals surface area contributed by atoms with Gasteiger partial charge < -0.3 is 4.18 Å². The van der Waals surface area contributed by atoms with E-state index in [1.165, 1.54) is 6.07 Å². The Labute approximate surface area is 124 Å². The van der Waals surface area contributed by atoms with E-state index in [2.05, 4.69) is 4.18 Å². The normalized spacial score (nSPS) is 11.2. The van der Waals surface area contributed by atoms with Crippen LogP contribution >= 0.6 is 0 Å². The smallest absolute Gasteiger partial charge is 0.342 e. The summed E-state index contributed by atoms with van der Waals surface area (Å²) < 4.78 is 54.9. The molecule has 0 aliphatic rings. The molecule has 0 radical (unpaired) electrons. The lowest BCUT2D eigenvalue weighted by Crippen LogP contribution is -2.13. The van der Waals surface area contributed by atoms with Crippen molar-refractivity contribution >= 4 is 15.8 Å². The second-order valence-electron chi connectivity index (χ2n) is 4.34. The molecule has 0 atom stereocenters. The maximum atomic E-state index is 13.5. The van der Waals surface area contributed by atoms with Crippen molar-refractivity contribution in [3.05, 3.63) is 63.7 Å². The molecule has 0 N–H and O–H groups in total. The molecule has 0 bridgehead atoms. The van der Waals surface area contributed by atoms with Crippen LogP contribution in [0.5, 0.6) is 5.75 Å². The first-order valence-electron chi connectivity index (χ1n) is 5.85. The third-order valence-corrected chi connectivity index (χ3v) is 3.94. The molecular formula is C13H9F2NO5S. The quantitative estimate of drug-likeness (QED) is 0.489. The fourth-order valence-corrected chi connectivity index (χ4v) is 2.68. The van der Waals surface area contributed by atoms with Crippen molar-refractivity contribution in [2.24, 2.45) is 0 Å². The summed E-state index contributed by atoms with van der Waals surface area (Å²) in [6.45, 7) is 1.57. The predicted octanol–water partition coefficient (Wildman–Crippen LogP) is 2.95. The Morgan fingerprint density at radius 1 is 1.14 bits per heavy atom. The number of hydrogen-bond donors (Lipinski definition) is 0. The van der Waals surface area contributed by atoms with Crippen molar-refractivity contribution in [1.29, 1.82) is 0 Å². The molecule has 0 spiro atoms. The van der Waals surface area contributed by atoms with E-state index in [9.17, 15) is 27.3 Å². The number of benzene rings is 2. The van der Waals surface area contributed by atoms with E-state index in [0.717, 1.165) is 18.2 Å². The zero-order chi connectivity index (χ0) is 16.5. The van der Waals surface area contributed by atoms with Gasteiger partial charge in [0.25, 0.3) is 0 Å². The summed E-state index contributed by atoms with van der Waals surface area (Å²) in [5.74, 6) is -2.87. The molecule has 2 rings (SSSR count). The molecule has 2 aromatic rings. The van der Waals surface area contributed by atoms with Crippen LogP contribution in [0.4, 0.5) is 14.5 Å². The van der Waals surface area contributed by atoms with E-state index in [0.29, 0.717) is 17.7 Å². The number of nitro groups is 1.